The van der Waals surface area contributed by atoms with E-state index in [0.717, 1.165) is 57.8 Å². The van der Waals surface area contributed by atoms with E-state index >= 15 is 0 Å². The van der Waals surface area contributed by atoms with Gasteiger partial charge in [0.2, 0.25) is 0 Å². The summed E-state index contributed by atoms with van der Waals surface area (Å²) in [5.74, 6) is -0.911. The van der Waals surface area contributed by atoms with Crippen LogP contribution in [0.4, 0.5) is 0 Å². The first kappa shape index (κ1) is 28.8. The summed E-state index contributed by atoms with van der Waals surface area (Å²) in [6.07, 6.45) is 17.6. The summed E-state index contributed by atoms with van der Waals surface area (Å²) < 4.78 is 33.5. The van der Waals surface area contributed by atoms with Crippen molar-refractivity contribution >= 4 is 5.97 Å². The van der Waals surface area contributed by atoms with Crippen LogP contribution in [0, 0.1) is 11.8 Å². The van der Waals surface area contributed by atoms with Gasteiger partial charge in [0.05, 0.1) is 19.7 Å². The average molecular weight is 524 g/mol. The van der Waals surface area contributed by atoms with Gasteiger partial charge in [0.15, 0.2) is 12.6 Å². The largest absolute Gasteiger partial charge is 0.481 e. The molecule has 3 aliphatic rings. The lowest BCUT2D eigenvalue weighted by atomic mass is 9.89. The average Bonchev–Trinajstić information content (AvgIpc) is 3.19. The molecule has 2 N–H and O–H groups in total. The molecule has 0 bridgehead atoms. The van der Waals surface area contributed by atoms with Crippen molar-refractivity contribution in [2.45, 2.75) is 134 Å². The van der Waals surface area contributed by atoms with E-state index in [4.69, 9.17) is 24.1 Å². The van der Waals surface area contributed by atoms with Gasteiger partial charge in [0.25, 0.3) is 0 Å². The number of allylic oxidation sites excluding steroid dienone is 2. The number of carboxylic acid groups (broad SMARTS) is 1. The molecular weight excluding hydrogens is 472 g/mol. The van der Waals surface area contributed by atoms with Crippen LogP contribution in [0.3, 0.4) is 0 Å². The SMILES string of the molecule is [2H][C@@](/C=C/[C@@H]1[C@@H](C/C=C\CCCC(=O)O)[C@@H](O)C[C@H]1OC1CCCCO1)(CCCCC)OC1CCCCO1. The fourth-order valence-corrected chi connectivity index (χ4v) is 5.51. The second-order valence-corrected chi connectivity index (χ2v) is 10.7. The molecule has 1 saturated carbocycles. The number of hydrogen-bond donors (Lipinski definition) is 2. The van der Waals surface area contributed by atoms with E-state index in [9.17, 15) is 11.3 Å². The molecule has 3 rings (SSSR count). The first-order chi connectivity index (χ1) is 18.4. The highest BCUT2D eigenvalue weighted by Crippen LogP contribution is 2.39. The molecule has 7 nitrogen and oxygen atoms in total. The summed E-state index contributed by atoms with van der Waals surface area (Å²) >= 11 is 0. The summed E-state index contributed by atoms with van der Waals surface area (Å²) in [4.78, 5) is 10.8. The number of ether oxygens (including phenoxy) is 4. The zero-order valence-electron chi connectivity index (χ0n) is 23.7. The van der Waals surface area contributed by atoms with Crippen molar-refractivity contribution in [1.29, 1.82) is 0 Å². The van der Waals surface area contributed by atoms with Gasteiger partial charge in [0, 0.05) is 32.0 Å². The van der Waals surface area contributed by atoms with Crippen molar-refractivity contribution in [3.63, 3.8) is 0 Å². The highest BCUT2D eigenvalue weighted by atomic mass is 16.7. The summed E-state index contributed by atoms with van der Waals surface area (Å²) in [5, 5.41) is 19.9. The predicted octanol–water partition coefficient (Wildman–Crippen LogP) is 6.14. The maximum absolute atomic E-state index is 11.0. The van der Waals surface area contributed by atoms with Crippen molar-refractivity contribution in [3.8, 4) is 0 Å². The number of unbranched alkanes of at least 4 members (excludes halogenated alkanes) is 3. The predicted molar refractivity (Wildman–Crippen MR) is 143 cm³/mol. The van der Waals surface area contributed by atoms with E-state index in [1.807, 2.05) is 12.2 Å². The van der Waals surface area contributed by atoms with Gasteiger partial charge in [0.1, 0.15) is 0 Å². The van der Waals surface area contributed by atoms with Crippen molar-refractivity contribution < 1.29 is 35.3 Å². The molecule has 0 spiro atoms. The van der Waals surface area contributed by atoms with Gasteiger partial charge >= 0.3 is 5.97 Å². The monoisotopic (exact) mass is 523 g/mol. The van der Waals surface area contributed by atoms with E-state index in [2.05, 4.69) is 19.1 Å². The van der Waals surface area contributed by atoms with E-state index in [0.29, 0.717) is 45.3 Å². The molecule has 2 saturated heterocycles. The van der Waals surface area contributed by atoms with E-state index < -0.39 is 18.2 Å². The zero-order valence-corrected chi connectivity index (χ0v) is 22.7. The van der Waals surface area contributed by atoms with E-state index in [1.54, 1.807) is 0 Å². The summed E-state index contributed by atoms with van der Waals surface area (Å²) in [7, 11) is 0. The second kappa shape index (κ2) is 17.4. The highest BCUT2D eigenvalue weighted by molar-refractivity contribution is 5.66. The molecule has 1 aliphatic carbocycles. The van der Waals surface area contributed by atoms with Crippen LogP contribution in [0.15, 0.2) is 24.3 Å². The molecule has 212 valence electrons. The maximum atomic E-state index is 11.0. The molecular formula is C30H50O7. The van der Waals surface area contributed by atoms with Crippen LogP contribution in [0.5, 0.6) is 0 Å². The van der Waals surface area contributed by atoms with Crippen LogP contribution in [-0.2, 0) is 23.7 Å². The van der Waals surface area contributed by atoms with E-state index in [1.165, 1.54) is 0 Å². The second-order valence-electron chi connectivity index (χ2n) is 10.7. The van der Waals surface area contributed by atoms with Gasteiger partial charge in [-0.2, -0.15) is 0 Å². The van der Waals surface area contributed by atoms with Gasteiger partial charge < -0.3 is 29.2 Å². The number of carboxylic acids is 1. The highest BCUT2D eigenvalue weighted by Gasteiger charge is 2.42. The minimum atomic E-state index is -1.19. The first-order valence-electron chi connectivity index (χ1n) is 15.2. The lowest BCUT2D eigenvalue weighted by Gasteiger charge is -2.30. The minimum Gasteiger partial charge on any atom is -0.481 e. The standard InChI is InChI=1S/C30H50O7/c1-2-3-6-13-23(36-29-16-9-11-20-34-29)18-19-25-24(14-7-4-5-8-15-28(32)33)26(31)22-27(25)37-30-17-10-12-21-35-30/h4,7,18-19,23-27,29-31H,2-3,5-6,8-17,20-22H2,1H3,(H,32,33)/b7-4-,19-18+/t23-,24+,25+,26-,27+,29?,30?/m0/s1/i23D. The van der Waals surface area contributed by atoms with Crippen LogP contribution in [0.1, 0.15) is 105 Å². The van der Waals surface area contributed by atoms with Gasteiger partial charge in [-0.15, -0.1) is 0 Å². The van der Waals surface area contributed by atoms with Gasteiger partial charge in [-0.25, -0.2) is 0 Å². The summed E-state index contributed by atoms with van der Waals surface area (Å²) in [6, 6.07) is 0. The Balaban J connectivity index is 1.72. The zero-order chi connectivity index (χ0) is 27.2. The van der Waals surface area contributed by atoms with Crippen molar-refractivity contribution in [1.82, 2.24) is 0 Å². The number of rotatable bonds is 16. The lowest BCUT2D eigenvalue weighted by molar-refractivity contribution is -0.193. The Morgan fingerprint density at radius 3 is 2.51 bits per heavy atom. The normalized spacial score (nSPS) is 33.1. The fraction of sp³-hybridized carbons (Fsp3) is 0.833. The number of aliphatic carboxylic acids is 1. The van der Waals surface area contributed by atoms with Gasteiger partial charge in [-0.3, -0.25) is 4.79 Å². The fourth-order valence-electron chi connectivity index (χ4n) is 5.51. The Labute approximate surface area is 225 Å². The van der Waals surface area contributed by atoms with Crippen LogP contribution in [0.25, 0.3) is 0 Å². The number of carbonyl (C=O) groups is 1. The van der Waals surface area contributed by atoms with Crippen molar-refractivity contribution in [3.05, 3.63) is 24.3 Å². The Morgan fingerprint density at radius 2 is 1.84 bits per heavy atom. The molecule has 7 atom stereocenters. The van der Waals surface area contributed by atoms with Gasteiger partial charge in [-0.1, -0.05) is 50.5 Å². The number of aliphatic hydroxyl groups excluding tert-OH is 1. The first-order valence-corrected chi connectivity index (χ1v) is 14.7. The smallest absolute Gasteiger partial charge is 0.303 e. The molecule has 2 unspecified atom stereocenters. The molecule has 3 fully saturated rings. The van der Waals surface area contributed by atoms with Crippen LogP contribution >= 0.6 is 0 Å². The number of hydrogen-bond acceptors (Lipinski definition) is 6. The van der Waals surface area contributed by atoms with E-state index in [-0.39, 0.29) is 36.9 Å². The van der Waals surface area contributed by atoms with Crippen molar-refractivity contribution in [2.75, 3.05) is 13.2 Å². The molecule has 37 heavy (non-hydrogen) atoms. The quantitative estimate of drug-likeness (QED) is 0.185. The molecule has 2 heterocycles. The third-order valence-corrected chi connectivity index (χ3v) is 7.64. The summed E-state index contributed by atoms with van der Waals surface area (Å²) in [5.41, 5.74) is 0. The summed E-state index contributed by atoms with van der Waals surface area (Å²) in [6.45, 7) is 3.53. The Kier molecular flexibility index (Phi) is 13.5. The minimum absolute atomic E-state index is 0.0543. The molecule has 0 aromatic heterocycles. The lowest BCUT2D eigenvalue weighted by Crippen LogP contribution is -2.31. The molecule has 0 radical (unpaired) electrons. The van der Waals surface area contributed by atoms with Crippen LogP contribution in [0.2, 0.25) is 0 Å². The molecule has 7 heteroatoms. The number of aliphatic hydroxyl groups is 1. The topological polar surface area (TPSA) is 94.5 Å². The third-order valence-electron chi connectivity index (χ3n) is 7.64. The van der Waals surface area contributed by atoms with Gasteiger partial charge in [-0.05, 0) is 70.1 Å². The molecule has 0 amide bonds. The molecule has 0 aromatic carbocycles. The third kappa shape index (κ3) is 11.2. The van der Waals surface area contributed by atoms with Crippen molar-refractivity contribution in [2.24, 2.45) is 11.8 Å². The van der Waals surface area contributed by atoms with Crippen LogP contribution < -0.4 is 0 Å². The maximum Gasteiger partial charge on any atom is 0.303 e. The Bertz CT molecular complexity index is 732. The Hall–Kier alpha value is -1.25. The molecule has 0 aromatic rings. The Morgan fingerprint density at radius 1 is 1.08 bits per heavy atom. The molecule has 2 aliphatic heterocycles. The van der Waals surface area contributed by atoms with Crippen LogP contribution in [-0.4, -0.2) is 60.3 Å².